The first-order chi connectivity index (χ1) is 10.1. The molecule has 2 atom stereocenters. The third kappa shape index (κ3) is 3.73. The van der Waals surface area contributed by atoms with Crippen LogP contribution in [0, 0.1) is 15.0 Å². The van der Waals surface area contributed by atoms with E-state index in [9.17, 15) is 19.8 Å². The maximum atomic E-state index is 11.6. The third-order valence-electron chi connectivity index (χ3n) is 3.00. The van der Waals surface area contributed by atoms with Crippen molar-refractivity contribution in [3.05, 3.63) is 45.1 Å². The highest BCUT2D eigenvalue weighted by molar-refractivity contribution is 7.99. The Morgan fingerprint density at radius 2 is 2.48 bits per heavy atom. The summed E-state index contributed by atoms with van der Waals surface area (Å²) in [5.74, 6) is -0.391. The maximum absolute atomic E-state index is 11.6. The molecule has 0 N–H and O–H groups in total. The van der Waals surface area contributed by atoms with E-state index >= 15 is 0 Å². The monoisotopic (exact) mass is 312 g/mol. The molecule has 1 amide bonds. The Labute approximate surface area is 123 Å². The summed E-state index contributed by atoms with van der Waals surface area (Å²) in [5, 5.41) is 11.6. The van der Waals surface area contributed by atoms with Crippen LogP contribution in [0.25, 0.3) is 0 Å². The van der Waals surface area contributed by atoms with Crippen LogP contribution in [0.5, 0.6) is 0 Å². The zero-order valence-electron chi connectivity index (χ0n) is 10.8. The van der Waals surface area contributed by atoms with Gasteiger partial charge in [-0.2, -0.15) is 0 Å². The number of nitrogens with zero attached hydrogens (tertiary/aromatic N) is 4. The van der Waals surface area contributed by atoms with E-state index in [1.807, 2.05) is 6.07 Å². The molecule has 2 heterocycles. The molecule has 0 saturated carbocycles. The molecule has 1 aromatic heterocycles. The van der Waals surface area contributed by atoms with Gasteiger partial charge in [-0.3, -0.25) is 14.7 Å². The van der Waals surface area contributed by atoms with E-state index in [0.29, 0.717) is 5.75 Å². The second-order valence-corrected chi connectivity index (χ2v) is 5.33. The highest BCUT2D eigenvalue weighted by atomic mass is 32.2. The van der Waals surface area contributed by atoms with Gasteiger partial charge in [-0.05, 0) is 11.6 Å². The van der Waals surface area contributed by atoms with E-state index in [2.05, 4.69) is 15.0 Å². The first-order valence-corrected chi connectivity index (χ1v) is 7.10. The van der Waals surface area contributed by atoms with Gasteiger partial charge in [-0.15, -0.1) is 26.8 Å². The Bertz CT molecular complexity index is 529. The summed E-state index contributed by atoms with van der Waals surface area (Å²) in [4.78, 5) is 42.2. The van der Waals surface area contributed by atoms with Gasteiger partial charge in [0.25, 0.3) is 5.09 Å². The zero-order chi connectivity index (χ0) is 15.2. The van der Waals surface area contributed by atoms with Gasteiger partial charge in [0.05, 0.1) is 5.37 Å². The molecular formula is C11H12N4O5S. The van der Waals surface area contributed by atoms with Crippen LogP contribution < -0.4 is 0 Å². The van der Waals surface area contributed by atoms with Crippen LogP contribution in [-0.2, 0) is 9.63 Å². The SMILES string of the molecule is O=NC(=O)C1CSC(c2cccnc2)N1CCO[N+](=O)[O-]. The molecule has 0 aliphatic carbocycles. The smallest absolute Gasteiger partial charge is 0.304 e. The fraction of sp³-hybridized carbons (Fsp3) is 0.455. The van der Waals surface area contributed by atoms with E-state index in [4.69, 9.17) is 0 Å². The fourth-order valence-electron chi connectivity index (χ4n) is 2.11. The molecule has 10 heteroatoms. The molecule has 0 aromatic carbocycles. The van der Waals surface area contributed by atoms with Crippen LogP contribution in [0.3, 0.4) is 0 Å². The molecule has 0 radical (unpaired) electrons. The summed E-state index contributed by atoms with van der Waals surface area (Å²) in [5.41, 5.74) is 0.852. The molecule has 0 spiro atoms. The Morgan fingerprint density at radius 3 is 3.10 bits per heavy atom. The minimum atomic E-state index is -0.892. The van der Waals surface area contributed by atoms with E-state index in [1.54, 1.807) is 23.4 Å². The van der Waals surface area contributed by atoms with Crippen molar-refractivity contribution >= 4 is 17.7 Å². The van der Waals surface area contributed by atoms with Crippen molar-refractivity contribution in [2.24, 2.45) is 5.18 Å². The van der Waals surface area contributed by atoms with Crippen LogP contribution in [0.15, 0.2) is 29.7 Å². The lowest BCUT2D eigenvalue weighted by Crippen LogP contribution is -2.40. The van der Waals surface area contributed by atoms with Crippen molar-refractivity contribution in [3.8, 4) is 0 Å². The summed E-state index contributed by atoms with van der Waals surface area (Å²) in [6.45, 7) is -0.0492. The number of amides is 1. The lowest BCUT2D eigenvalue weighted by molar-refractivity contribution is -0.757. The number of pyridine rings is 1. The van der Waals surface area contributed by atoms with Gasteiger partial charge in [-0.25, -0.2) is 0 Å². The molecule has 1 aliphatic heterocycles. The van der Waals surface area contributed by atoms with E-state index in [0.717, 1.165) is 5.56 Å². The van der Waals surface area contributed by atoms with E-state index in [1.165, 1.54) is 11.8 Å². The van der Waals surface area contributed by atoms with Gasteiger partial charge >= 0.3 is 5.91 Å². The Morgan fingerprint density at radius 1 is 1.67 bits per heavy atom. The van der Waals surface area contributed by atoms with Gasteiger partial charge in [0.2, 0.25) is 0 Å². The van der Waals surface area contributed by atoms with E-state index < -0.39 is 17.0 Å². The lowest BCUT2D eigenvalue weighted by Gasteiger charge is -2.26. The van der Waals surface area contributed by atoms with Gasteiger partial charge in [0.1, 0.15) is 12.6 Å². The molecule has 1 aromatic rings. The number of carbonyl (C=O) groups is 1. The molecule has 112 valence electrons. The van der Waals surface area contributed by atoms with Crippen LogP contribution in [0.1, 0.15) is 10.9 Å². The van der Waals surface area contributed by atoms with Crippen LogP contribution >= 0.6 is 11.8 Å². The van der Waals surface area contributed by atoms with Gasteiger partial charge in [0, 0.05) is 29.9 Å². The van der Waals surface area contributed by atoms with Gasteiger partial charge < -0.3 is 4.84 Å². The number of aromatic nitrogens is 1. The van der Waals surface area contributed by atoms with Crippen molar-refractivity contribution in [2.45, 2.75) is 11.4 Å². The molecule has 0 bridgehead atoms. The average molecular weight is 312 g/mol. The second-order valence-electron chi connectivity index (χ2n) is 4.21. The topological polar surface area (TPSA) is 115 Å². The Hall–Kier alpha value is -2.07. The quantitative estimate of drug-likeness (QED) is 0.434. The number of hydrogen-bond donors (Lipinski definition) is 0. The first-order valence-electron chi connectivity index (χ1n) is 6.05. The Balaban J connectivity index is 2.13. The number of carbonyl (C=O) groups excluding carboxylic acids is 1. The maximum Gasteiger partial charge on any atom is 0.304 e. The lowest BCUT2D eigenvalue weighted by atomic mass is 10.2. The third-order valence-corrected chi connectivity index (χ3v) is 4.37. The average Bonchev–Trinajstić information content (AvgIpc) is 2.91. The van der Waals surface area contributed by atoms with Gasteiger partial charge in [-0.1, -0.05) is 6.07 Å². The normalized spacial score (nSPS) is 21.9. The highest BCUT2D eigenvalue weighted by Crippen LogP contribution is 2.41. The largest absolute Gasteiger partial charge is 0.313 e. The fourth-order valence-corrected chi connectivity index (χ4v) is 3.59. The summed E-state index contributed by atoms with van der Waals surface area (Å²) >= 11 is 1.46. The molecule has 9 nitrogen and oxygen atoms in total. The molecule has 2 rings (SSSR count). The molecular weight excluding hydrogens is 300 g/mol. The van der Waals surface area contributed by atoms with Crippen molar-refractivity contribution in [1.29, 1.82) is 0 Å². The first kappa shape index (κ1) is 15.3. The van der Waals surface area contributed by atoms with Crippen molar-refractivity contribution in [2.75, 3.05) is 18.9 Å². The summed E-state index contributed by atoms with van der Waals surface area (Å²) < 4.78 is 0. The predicted octanol–water partition coefficient (Wildman–Crippen LogP) is 0.999. The summed E-state index contributed by atoms with van der Waals surface area (Å²) in [6, 6.07) is 2.90. The molecule has 2 unspecified atom stereocenters. The van der Waals surface area contributed by atoms with Crippen LogP contribution in [-0.4, -0.2) is 45.8 Å². The summed E-state index contributed by atoms with van der Waals surface area (Å²) in [7, 11) is 0. The summed E-state index contributed by atoms with van der Waals surface area (Å²) in [6.07, 6.45) is 3.28. The van der Waals surface area contributed by atoms with Crippen LogP contribution in [0.4, 0.5) is 0 Å². The number of hydrogen-bond acceptors (Lipinski definition) is 8. The molecule has 1 saturated heterocycles. The number of rotatable bonds is 6. The zero-order valence-corrected chi connectivity index (χ0v) is 11.6. The highest BCUT2D eigenvalue weighted by Gasteiger charge is 2.39. The standard InChI is InChI=1S/C11H12N4O5S/c16-10(13-17)9-7-21-11(8-2-1-3-12-6-8)14(9)4-5-20-15(18)19/h1-3,6,9,11H,4-5,7H2. The molecule has 1 fully saturated rings. The number of nitroso groups, excluding NO2 is 1. The molecule has 1 aliphatic rings. The van der Waals surface area contributed by atoms with E-state index in [-0.39, 0.29) is 18.5 Å². The van der Waals surface area contributed by atoms with Crippen molar-refractivity contribution in [1.82, 2.24) is 9.88 Å². The Kier molecular flexibility index (Phi) is 5.17. The predicted molar refractivity (Wildman–Crippen MR) is 73.7 cm³/mol. The van der Waals surface area contributed by atoms with Crippen LogP contribution in [0.2, 0.25) is 0 Å². The molecule has 21 heavy (non-hydrogen) atoms. The van der Waals surface area contributed by atoms with Crippen molar-refractivity contribution < 1.29 is 14.7 Å². The van der Waals surface area contributed by atoms with Crippen molar-refractivity contribution in [3.63, 3.8) is 0 Å². The minimum Gasteiger partial charge on any atom is -0.313 e. The number of thioether (sulfide) groups is 1. The second kappa shape index (κ2) is 7.09. The minimum absolute atomic E-state index is 0.138. The van der Waals surface area contributed by atoms with Gasteiger partial charge in [0.15, 0.2) is 0 Å².